The highest BCUT2D eigenvalue weighted by Crippen LogP contribution is 2.15. The molecule has 0 spiro atoms. The van der Waals surface area contributed by atoms with E-state index in [-0.39, 0.29) is 19.1 Å². The zero-order valence-electron chi connectivity index (χ0n) is 11.3. The van der Waals surface area contributed by atoms with E-state index in [0.717, 1.165) is 10.4 Å². The molecule has 0 aliphatic rings. The predicted molar refractivity (Wildman–Crippen MR) is 75.9 cm³/mol. The normalized spacial score (nSPS) is 9.84. The molecule has 0 saturated carbocycles. The van der Waals surface area contributed by atoms with Crippen LogP contribution in [0.4, 0.5) is 0 Å². The Hall–Kier alpha value is -1.35. The van der Waals surface area contributed by atoms with E-state index in [1.54, 1.807) is 23.3 Å². The Labute approximate surface area is 118 Å². The maximum atomic E-state index is 11.7. The molecule has 0 saturated heterocycles. The fraction of sp³-hybridized carbons (Fsp3) is 0.500. The summed E-state index contributed by atoms with van der Waals surface area (Å²) < 4.78 is 5.09. The molecule has 1 aromatic heterocycles. The third kappa shape index (κ3) is 5.88. The third-order valence-corrected chi connectivity index (χ3v) is 3.29. The van der Waals surface area contributed by atoms with Gasteiger partial charge in [0.05, 0.1) is 13.2 Å². The molecule has 19 heavy (non-hydrogen) atoms. The van der Waals surface area contributed by atoms with Crippen molar-refractivity contribution in [1.82, 2.24) is 4.90 Å². The third-order valence-electron chi connectivity index (χ3n) is 2.37. The van der Waals surface area contributed by atoms with Crippen molar-refractivity contribution >= 4 is 17.2 Å². The van der Waals surface area contributed by atoms with Gasteiger partial charge in [0, 0.05) is 35.9 Å². The summed E-state index contributed by atoms with van der Waals surface area (Å²) in [6.07, 6.45) is 0.484. The summed E-state index contributed by atoms with van der Waals surface area (Å²) in [5.41, 5.74) is 0.930. The highest BCUT2D eigenvalue weighted by atomic mass is 32.1. The van der Waals surface area contributed by atoms with Crippen LogP contribution in [0.1, 0.15) is 23.8 Å². The van der Waals surface area contributed by atoms with Gasteiger partial charge in [-0.25, -0.2) is 0 Å². The molecule has 0 unspecified atom stereocenters. The van der Waals surface area contributed by atoms with Crippen LogP contribution in [-0.4, -0.2) is 42.8 Å². The van der Waals surface area contributed by atoms with Gasteiger partial charge in [0.25, 0.3) is 0 Å². The molecule has 1 heterocycles. The fourth-order valence-electron chi connectivity index (χ4n) is 1.37. The van der Waals surface area contributed by atoms with Crippen LogP contribution in [0.3, 0.4) is 0 Å². The van der Waals surface area contributed by atoms with Gasteiger partial charge in [-0.05, 0) is 13.0 Å². The van der Waals surface area contributed by atoms with Gasteiger partial charge in [0.1, 0.15) is 6.61 Å². The second-order valence-corrected chi connectivity index (χ2v) is 4.96. The van der Waals surface area contributed by atoms with E-state index in [4.69, 9.17) is 9.84 Å². The lowest BCUT2D eigenvalue weighted by atomic mass is 10.3. The first-order valence-electron chi connectivity index (χ1n) is 6.16. The number of aliphatic hydroxyl groups excluding tert-OH is 1. The Morgan fingerprint density at radius 3 is 3.05 bits per heavy atom. The second-order valence-electron chi connectivity index (χ2n) is 3.96. The van der Waals surface area contributed by atoms with Crippen LogP contribution < -0.4 is 0 Å². The van der Waals surface area contributed by atoms with Gasteiger partial charge in [-0.2, -0.15) is 0 Å². The number of nitrogens with zero attached hydrogens (tertiary/aromatic N) is 1. The first-order chi connectivity index (χ1) is 9.17. The average molecular weight is 281 g/mol. The predicted octanol–water partition coefficient (Wildman–Crippen LogP) is 1.48. The van der Waals surface area contributed by atoms with Gasteiger partial charge in [-0.3, -0.25) is 4.79 Å². The Morgan fingerprint density at radius 1 is 1.58 bits per heavy atom. The van der Waals surface area contributed by atoms with Crippen LogP contribution in [0, 0.1) is 11.8 Å². The number of hydrogen-bond acceptors (Lipinski definition) is 4. The molecule has 5 heteroatoms. The summed E-state index contributed by atoms with van der Waals surface area (Å²) in [6.45, 7) is 3.19. The zero-order chi connectivity index (χ0) is 14.1. The molecule has 104 valence electrons. The van der Waals surface area contributed by atoms with E-state index in [0.29, 0.717) is 19.6 Å². The number of likely N-dealkylation sites (N-methyl/N-ethyl adjacent to an activating group) is 1. The van der Waals surface area contributed by atoms with Crippen molar-refractivity contribution in [3.8, 4) is 11.8 Å². The van der Waals surface area contributed by atoms with Gasteiger partial charge in [-0.15, -0.1) is 11.3 Å². The topological polar surface area (TPSA) is 49.8 Å². The minimum Gasteiger partial charge on any atom is -0.395 e. The second kappa shape index (κ2) is 8.70. The number of hydrogen-bond donors (Lipinski definition) is 1. The first kappa shape index (κ1) is 15.7. The molecule has 0 fully saturated rings. The lowest BCUT2D eigenvalue weighted by molar-refractivity contribution is -0.135. The molecule has 1 rings (SSSR count). The number of carbonyl (C=O) groups excluding carboxylic acids is 1. The van der Waals surface area contributed by atoms with Crippen LogP contribution in [0.25, 0.3) is 0 Å². The lowest BCUT2D eigenvalue weighted by Crippen LogP contribution is -2.29. The van der Waals surface area contributed by atoms with Crippen LogP contribution in [0.15, 0.2) is 11.4 Å². The van der Waals surface area contributed by atoms with E-state index >= 15 is 0 Å². The number of rotatable bonds is 6. The smallest absolute Gasteiger partial charge is 0.248 e. The molecule has 0 atom stereocenters. The number of aliphatic hydroxyl groups is 1. The Balaban J connectivity index is 2.49. The van der Waals surface area contributed by atoms with Crippen molar-refractivity contribution < 1.29 is 14.6 Å². The fourth-order valence-corrected chi connectivity index (χ4v) is 2.24. The minimum atomic E-state index is -0.0248. The highest BCUT2D eigenvalue weighted by molar-refractivity contribution is 7.10. The van der Waals surface area contributed by atoms with Crippen molar-refractivity contribution in [1.29, 1.82) is 0 Å². The van der Waals surface area contributed by atoms with E-state index in [1.807, 2.05) is 18.4 Å². The van der Waals surface area contributed by atoms with Crippen molar-refractivity contribution in [2.24, 2.45) is 0 Å². The van der Waals surface area contributed by atoms with Gasteiger partial charge < -0.3 is 14.7 Å². The molecule has 0 bridgehead atoms. The molecule has 0 aliphatic heterocycles. The monoisotopic (exact) mass is 281 g/mol. The minimum absolute atomic E-state index is 0.0248. The highest BCUT2D eigenvalue weighted by Gasteiger charge is 2.10. The standard InChI is InChI=1S/C14H19NO3S/c1-3-18-10-14(17)15(2)9-13-8-12(11-19-13)6-4-5-7-16/h8,11,16H,3,5,7,9-10H2,1-2H3. The molecule has 0 radical (unpaired) electrons. The zero-order valence-corrected chi connectivity index (χ0v) is 12.1. The first-order valence-corrected chi connectivity index (χ1v) is 7.04. The van der Waals surface area contributed by atoms with Crippen LogP contribution in [0.2, 0.25) is 0 Å². The van der Waals surface area contributed by atoms with E-state index < -0.39 is 0 Å². The Bertz CT molecular complexity index is 459. The summed E-state index contributed by atoms with van der Waals surface area (Å²) >= 11 is 1.58. The van der Waals surface area contributed by atoms with E-state index in [2.05, 4.69) is 11.8 Å². The lowest BCUT2D eigenvalue weighted by Gasteiger charge is -2.15. The largest absolute Gasteiger partial charge is 0.395 e. The maximum absolute atomic E-state index is 11.7. The van der Waals surface area contributed by atoms with E-state index in [9.17, 15) is 4.79 Å². The molecule has 4 nitrogen and oxygen atoms in total. The van der Waals surface area contributed by atoms with E-state index in [1.165, 1.54) is 0 Å². The van der Waals surface area contributed by atoms with Crippen molar-refractivity contribution in [3.05, 3.63) is 21.9 Å². The summed E-state index contributed by atoms with van der Waals surface area (Å²) in [5.74, 6) is 5.82. The molecule has 0 aromatic carbocycles. The van der Waals surface area contributed by atoms with Gasteiger partial charge in [-0.1, -0.05) is 11.8 Å². The van der Waals surface area contributed by atoms with Gasteiger partial charge >= 0.3 is 0 Å². The molecule has 0 aliphatic carbocycles. The number of thiophene rings is 1. The average Bonchev–Trinajstić information content (AvgIpc) is 2.83. The summed E-state index contributed by atoms with van der Waals surface area (Å²) in [6, 6.07) is 1.97. The van der Waals surface area contributed by atoms with Crippen molar-refractivity contribution in [2.75, 3.05) is 26.9 Å². The van der Waals surface area contributed by atoms with Gasteiger partial charge in [0.15, 0.2) is 0 Å². The summed E-state index contributed by atoms with van der Waals surface area (Å²) in [5, 5.41) is 10.6. The molecular weight excluding hydrogens is 262 g/mol. The van der Waals surface area contributed by atoms with Crippen molar-refractivity contribution in [2.45, 2.75) is 19.9 Å². The summed E-state index contributed by atoms with van der Waals surface area (Å²) in [4.78, 5) is 14.4. The molecule has 1 N–H and O–H groups in total. The van der Waals surface area contributed by atoms with Crippen LogP contribution in [0.5, 0.6) is 0 Å². The number of amides is 1. The van der Waals surface area contributed by atoms with Crippen molar-refractivity contribution in [3.63, 3.8) is 0 Å². The Kier molecular flexibility index (Phi) is 7.19. The molecule has 1 amide bonds. The quantitative estimate of drug-likeness (QED) is 0.804. The van der Waals surface area contributed by atoms with Gasteiger partial charge in [0.2, 0.25) is 5.91 Å². The van der Waals surface area contributed by atoms with Crippen LogP contribution in [-0.2, 0) is 16.1 Å². The molecule has 1 aromatic rings. The Morgan fingerprint density at radius 2 is 2.37 bits per heavy atom. The number of ether oxygens (including phenoxy) is 1. The SMILES string of the molecule is CCOCC(=O)N(C)Cc1cc(C#CCCO)cs1. The summed E-state index contributed by atoms with van der Waals surface area (Å²) in [7, 11) is 1.76. The van der Waals surface area contributed by atoms with Crippen LogP contribution >= 0.6 is 11.3 Å². The number of carbonyl (C=O) groups is 1. The molecular formula is C14H19NO3S. The maximum Gasteiger partial charge on any atom is 0.248 e.